The lowest BCUT2D eigenvalue weighted by molar-refractivity contribution is -0.924. The van der Waals surface area contributed by atoms with Crippen LogP contribution in [0.5, 0.6) is 5.75 Å². The Kier molecular flexibility index (Phi) is 5.48. The highest BCUT2D eigenvalue weighted by atomic mass is 19.4. The Labute approximate surface area is 188 Å². The number of hydrogen-bond donors (Lipinski definition) is 1. The summed E-state index contributed by atoms with van der Waals surface area (Å²) in [4.78, 5) is 14.7. The van der Waals surface area contributed by atoms with E-state index in [0.29, 0.717) is 23.6 Å². The van der Waals surface area contributed by atoms with E-state index in [0.717, 1.165) is 37.3 Å². The Morgan fingerprint density at radius 1 is 0.970 bits per heavy atom. The lowest BCUT2D eigenvalue weighted by Gasteiger charge is -2.40. The smallest absolute Gasteiger partial charge is 0.406 e. The van der Waals surface area contributed by atoms with Crippen LogP contribution in [-0.2, 0) is 13.1 Å². The maximum Gasteiger partial charge on any atom is 0.573 e. The van der Waals surface area contributed by atoms with E-state index >= 15 is 0 Å². The Bertz CT molecular complexity index is 1200. The van der Waals surface area contributed by atoms with Gasteiger partial charge in [0.25, 0.3) is 5.56 Å². The van der Waals surface area contributed by atoms with E-state index in [2.05, 4.69) is 4.74 Å². The predicted octanol–water partition coefficient (Wildman–Crippen LogP) is 3.76. The van der Waals surface area contributed by atoms with E-state index < -0.39 is 6.36 Å². The van der Waals surface area contributed by atoms with Crippen molar-refractivity contribution in [1.82, 2.24) is 4.57 Å². The molecule has 2 aliphatic rings. The molecule has 3 heterocycles. The number of pyridine rings is 1. The molecule has 1 saturated heterocycles. The largest absolute Gasteiger partial charge is 0.573 e. The number of piperidine rings is 1. The minimum Gasteiger partial charge on any atom is -0.406 e. The molecule has 172 valence electrons. The van der Waals surface area contributed by atoms with Crippen molar-refractivity contribution in [3.05, 3.63) is 88.1 Å². The summed E-state index contributed by atoms with van der Waals surface area (Å²) in [6.07, 6.45) is -3.72. The highest BCUT2D eigenvalue weighted by Crippen LogP contribution is 2.32. The molecule has 0 saturated carbocycles. The van der Waals surface area contributed by atoms with Crippen LogP contribution >= 0.6 is 0 Å². The summed E-state index contributed by atoms with van der Waals surface area (Å²) in [7, 11) is 0. The van der Waals surface area contributed by atoms with Gasteiger partial charge in [-0.25, -0.2) is 4.39 Å². The van der Waals surface area contributed by atoms with Crippen LogP contribution in [0.15, 0.2) is 65.5 Å². The number of nitrogens with zero attached hydrogens (tertiary/aromatic N) is 1. The van der Waals surface area contributed by atoms with Gasteiger partial charge in [0.2, 0.25) is 0 Å². The fourth-order valence-corrected chi connectivity index (χ4v) is 5.26. The van der Waals surface area contributed by atoms with E-state index in [-0.39, 0.29) is 23.0 Å². The normalized spacial score (nSPS) is 22.0. The molecule has 0 spiro atoms. The van der Waals surface area contributed by atoms with Gasteiger partial charge in [0, 0.05) is 35.2 Å². The molecule has 2 aromatic carbocycles. The highest BCUT2D eigenvalue weighted by Gasteiger charge is 2.37. The van der Waals surface area contributed by atoms with Crippen LogP contribution in [-0.4, -0.2) is 24.0 Å². The van der Waals surface area contributed by atoms with Crippen molar-refractivity contribution in [2.75, 3.05) is 13.1 Å². The first-order valence-corrected chi connectivity index (χ1v) is 10.9. The van der Waals surface area contributed by atoms with Gasteiger partial charge in [-0.05, 0) is 48.4 Å². The quantitative estimate of drug-likeness (QED) is 0.604. The van der Waals surface area contributed by atoms with E-state index in [1.54, 1.807) is 6.07 Å². The lowest BCUT2D eigenvalue weighted by Crippen LogP contribution is -3.13. The standard InChI is InChI=1S/C25H22F4N2O2/c26-20-5-1-16(2-6-20)12-30-13-17-11-19(15-30)23-10-9-22(24(32)31(23)14-17)18-3-7-21(8-4-18)33-25(27,28)29/h1-10,17,19H,11-15H2/p+1/t17-,19+/m0/s1. The molecule has 33 heavy (non-hydrogen) atoms. The SMILES string of the molecule is O=c1c(-c2ccc(OC(F)(F)F)cc2)ccc2n1C[C@H]1C[C@@H]2C[NH+](Cc2ccc(F)cc2)C1. The molecule has 0 radical (unpaired) electrons. The van der Waals surface area contributed by atoms with Gasteiger partial charge in [0.05, 0.1) is 13.1 Å². The van der Waals surface area contributed by atoms with Crippen molar-refractivity contribution >= 4 is 0 Å². The summed E-state index contributed by atoms with van der Waals surface area (Å²) >= 11 is 0. The van der Waals surface area contributed by atoms with Gasteiger partial charge < -0.3 is 14.2 Å². The van der Waals surface area contributed by atoms with Crippen LogP contribution in [0.25, 0.3) is 11.1 Å². The third kappa shape index (κ3) is 4.66. The van der Waals surface area contributed by atoms with Gasteiger partial charge in [-0.1, -0.05) is 24.3 Å². The fraction of sp³-hybridized carbons (Fsp3) is 0.320. The molecular formula is C25H23F4N2O2+. The number of halogens is 4. The monoisotopic (exact) mass is 459 g/mol. The van der Waals surface area contributed by atoms with Crippen LogP contribution in [0, 0.1) is 11.7 Å². The topological polar surface area (TPSA) is 35.7 Å². The zero-order valence-corrected chi connectivity index (χ0v) is 17.7. The Balaban J connectivity index is 1.36. The number of nitrogens with one attached hydrogen (secondary N) is 1. The second kappa shape index (κ2) is 8.33. The third-order valence-corrected chi connectivity index (χ3v) is 6.56. The van der Waals surface area contributed by atoms with Crippen molar-refractivity contribution in [2.24, 2.45) is 5.92 Å². The zero-order valence-electron chi connectivity index (χ0n) is 17.7. The summed E-state index contributed by atoms with van der Waals surface area (Å²) in [6, 6.07) is 15.7. The number of fused-ring (bicyclic) bond motifs is 4. The molecule has 1 N–H and O–H groups in total. The molecule has 5 rings (SSSR count). The summed E-state index contributed by atoms with van der Waals surface area (Å²) in [5.74, 6) is 0.0680. The fourth-order valence-electron chi connectivity index (χ4n) is 5.26. The second-order valence-electron chi connectivity index (χ2n) is 8.92. The first-order chi connectivity index (χ1) is 15.7. The highest BCUT2D eigenvalue weighted by molar-refractivity contribution is 5.63. The third-order valence-electron chi connectivity index (χ3n) is 6.56. The molecule has 2 aliphatic heterocycles. The number of quaternary nitrogens is 1. The van der Waals surface area contributed by atoms with Crippen LogP contribution in [0.2, 0.25) is 0 Å². The molecule has 1 fully saturated rings. The molecule has 1 aromatic heterocycles. The van der Waals surface area contributed by atoms with Crippen molar-refractivity contribution in [1.29, 1.82) is 0 Å². The second-order valence-corrected chi connectivity index (χ2v) is 8.92. The number of alkyl halides is 3. The number of aromatic nitrogens is 1. The molecule has 8 heteroatoms. The van der Waals surface area contributed by atoms with E-state index in [1.165, 1.54) is 41.3 Å². The van der Waals surface area contributed by atoms with Gasteiger partial charge in [0.15, 0.2) is 0 Å². The first-order valence-electron chi connectivity index (χ1n) is 10.9. The number of likely N-dealkylation sites (tertiary alicyclic amines) is 1. The summed E-state index contributed by atoms with van der Waals surface area (Å²) in [5, 5.41) is 0. The van der Waals surface area contributed by atoms with E-state index in [1.807, 2.05) is 22.8 Å². The molecule has 4 nitrogen and oxygen atoms in total. The van der Waals surface area contributed by atoms with Crippen molar-refractivity contribution in [3.63, 3.8) is 0 Å². The molecule has 3 atom stereocenters. The maximum absolute atomic E-state index is 13.3. The first kappa shape index (κ1) is 21.7. The number of ether oxygens (including phenoxy) is 1. The molecule has 0 amide bonds. The number of benzene rings is 2. The summed E-state index contributed by atoms with van der Waals surface area (Å²) in [5.41, 5.74) is 3.01. The van der Waals surface area contributed by atoms with Crippen LogP contribution in [0.4, 0.5) is 17.6 Å². The zero-order chi connectivity index (χ0) is 23.2. The number of rotatable bonds is 4. The maximum atomic E-state index is 13.3. The molecule has 0 aliphatic carbocycles. The minimum atomic E-state index is -4.75. The van der Waals surface area contributed by atoms with Gasteiger partial charge in [-0.3, -0.25) is 4.79 Å². The Hall–Kier alpha value is -3.13. The Morgan fingerprint density at radius 2 is 1.70 bits per heavy atom. The predicted molar refractivity (Wildman–Crippen MR) is 114 cm³/mol. The van der Waals surface area contributed by atoms with Crippen molar-refractivity contribution < 1.29 is 27.2 Å². The average Bonchev–Trinajstić information content (AvgIpc) is 2.76. The molecular weight excluding hydrogens is 436 g/mol. The molecule has 3 aromatic rings. The minimum absolute atomic E-state index is 0.117. The van der Waals surface area contributed by atoms with E-state index in [4.69, 9.17) is 0 Å². The van der Waals surface area contributed by atoms with Crippen LogP contribution < -0.4 is 15.2 Å². The summed E-state index contributed by atoms with van der Waals surface area (Å²) in [6.45, 7) is 3.28. The van der Waals surface area contributed by atoms with Crippen LogP contribution in [0.3, 0.4) is 0 Å². The van der Waals surface area contributed by atoms with Crippen LogP contribution in [0.1, 0.15) is 23.6 Å². The van der Waals surface area contributed by atoms with Gasteiger partial charge in [-0.2, -0.15) is 0 Å². The molecule has 2 bridgehead atoms. The average molecular weight is 459 g/mol. The number of hydrogen-bond acceptors (Lipinski definition) is 2. The van der Waals surface area contributed by atoms with Gasteiger partial charge >= 0.3 is 6.36 Å². The lowest BCUT2D eigenvalue weighted by atomic mass is 9.82. The molecule has 1 unspecified atom stereocenters. The summed E-state index contributed by atoms with van der Waals surface area (Å²) < 4.78 is 56.2. The van der Waals surface area contributed by atoms with Gasteiger partial charge in [-0.15, -0.1) is 13.2 Å². The van der Waals surface area contributed by atoms with Crippen molar-refractivity contribution in [2.45, 2.75) is 31.8 Å². The van der Waals surface area contributed by atoms with E-state index in [9.17, 15) is 22.4 Å². The van der Waals surface area contributed by atoms with Crippen molar-refractivity contribution in [3.8, 4) is 16.9 Å². The Morgan fingerprint density at radius 3 is 2.39 bits per heavy atom. The van der Waals surface area contributed by atoms with Gasteiger partial charge in [0.1, 0.15) is 18.1 Å².